The third kappa shape index (κ3) is 11.1. The van der Waals surface area contributed by atoms with Crippen LogP contribution in [-0.2, 0) is 14.3 Å². The topological polar surface area (TPSA) is 130 Å². The largest absolute Gasteiger partial charge is 0.508 e. The van der Waals surface area contributed by atoms with Crippen LogP contribution in [0.2, 0.25) is 0 Å². The molecule has 2 amide bonds. The summed E-state index contributed by atoms with van der Waals surface area (Å²) < 4.78 is 15.9. The smallest absolute Gasteiger partial charge is 0.442 e. The zero-order valence-corrected chi connectivity index (χ0v) is 19.2. The number of carbonyl (C=O) groups is 2. The maximum Gasteiger partial charge on any atom is 0.442 e. The van der Waals surface area contributed by atoms with E-state index in [4.69, 9.17) is 24.5 Å². The fraction of sp³-hybridized carbons (Fsp3) is 0.571. The van der Waals surface area contributed by atoms with E-state index in [9.17, 15) is 14.7 Å². The number of phenolic OH excluding ortho intramolecular Hbond substituents is 1. The standard InChI is InChI=1S/C21H33N3O7/c1-14-11-15(25)13-16(12-14)28-9-8-10-29-24(19(27)31-21(5,6)7)17(22)23-18(26)30-20(2,3)4/h11-13,25H,8-10H2,1-7H3,(H2,22,23,26). The van der Waals surface area contributed by atoms with Gasteiger partial charge >= 0.3 is 12.2 Å². The Morgan fingerprint density at radius 1 is 1.03 bits per heavy atom. The monoisotopic (exact) mass is 439 g/mol. The van der Waals surface area contributed by atoms with Crippen LogP contribution >= 0.6 is 0 Å². The number of ether oxygens (including phenoxy) is 3. The number of aryl methyl sites for hydroxylation is 1. The maximum absolute atomic E-state index is 12.4. The molecule has 1 aromatic carbocycles. The van der Waals surface area contributed by atoms with Gasteiger partial charge < -0.3 is 19.3 Å². The number of alkyl carbamates (subject to hydrolysis) is 1. The predicted octanol–water partition coefficient (Wildman–Crippen LogP) is 4.10. The van der Waals surface area contributed by atoms with E-state index in [1.165, 1.54) is 6.07 Å². The minimum atomic E-state index is -0.960. The first-order chi connectivity index (χ1) is 14.2. The van der Waals surface area contributed by atoms with E-state index in [1.807, 2.05) is 6.92 Å². The van der Waals surface area contributed by atoms with Gasteiger partial charge in [-0.15, -0.1) is 5.06 Å². The molecule has 174 valence electrons. The Hall–Kier alpha value is -3.01. The van der Waals surface area contributed by atoms with Gasteiger partial charge in [0.1, 0.15) is 22.7 Å². The summed E-state index contributed by atoms with van der Waals surface area (Å²) in [7, 11) is 0. The SMILES string of the molecule is Cc1cc(O)cc(OCCCON(C(=N)NC(=O)OC(C)(C)C)C(=O)OC(C)(C)C)c1. The van der Waals surface area contributed by atoms with Crippen molar-refractivity contribution in [1.29, 1.82) is 5.41 Å². The number of hydroxylamine groups is 2. The van der Waals surface area contributed by atoms with Gasteiger partial charge in [0.25, 0.3) is 0 Å². The van der Waals surface area contributed by atoms with E-state index < -0.39 is 29.3 Å². The summed E-state index contributed by atoms with van der Waals surface area (Å²) in [5.41, 5.74) is -0.755. The molecule has 0 heterocycles. The third-order valence-electron chi connectivity index (χ3n) is 3.20. The first kappa shape index (κ1) is 26.0. The van der Waals surface area contributed by atoms with Gasteiger partial charge in [0.15, 0.2) is 0 Å². The second kappa shape index (κ2) is 10.9. The molecule has 0 radical (unpaired) electrons. The van der Waals surface area contributed by atoms with Gasteiger partial charge in [-0.1, -0.05) is 0 Å². The van der Waals surface area contributed by atoms with Crippen molar-refractivity contribution in [2.45, 2.75) is 66.1 Å². The van der Waals surface area contributed by atoms with Gasteiger partial charge in [-0.05, 0) is 66.2 Å². The molecule has 1 aromatic rings. The molecule has 1 rings (SSSR count). The fourth-order valence-corrected chi connectivity index (χ4v) is 2.18. The number of benzene rings is 1. The van der Waals surface area contributed by atoms with E-state index >= 15 is 0 Å². The fourth-order valence-electron chi connectivity index (χ4n) is 2.18. The number of guanidine groups is 1. The van der Waals surface area contributed by atoms with Crippen molar-refractivity contribution >= 4 is 18.1 Å². The molecule has 0 aliphatic carbocycles. The number of phenols is 1. The maximum atomic E-state index is 12.4. The molecule has 0 spiro atoms. The molecule has 0 unspecified atom stereocenters. The van der Waals surface area contributed by atoms with Crippen molar-refractivity contribution in [3.05, 3.63) is 23.8 Å². The normalized spacial score (nSPS) is 11.5. The van der Waals surface area contributed by atoms with Crippen LogP contribution in [0.1, 0.15) is 53.5 Å². The van der Waals surface area contributed by atoms with E-state index in [0.717, 1.165) is 5.56 Å². The first-order valence-electron chi connectivity index (χ1n) is 9.84. The molecule has 10 heteroatoms. The Bertz CT molecular complexity index is 762. The van der Waals surface area contributed by atoms with Crippen molar-refractivity contribution in [2.24, 2.45) is 0 Å². The Balaban J connectivity index is 2.66. The lowest BCUT2D eigenvalue weighted by Crippen LogP contribution is -2.49. The van der Waals surface area contributed by atoms with Gasteiger partial charge in [-0.3, -0.25) is 15.6 Å². The van der Waals surface area contributed by atoms with E-state index in [-0.39, 0.29) is 19.0 Å². The Morgan fingerprint density at radius 3 is 2.19 bits per heavy atom. The molecule has 3 N–H and O–H groups in total. The zero-order chi connectivity index (χ0) is 23.8. The van der Waals surface area contributed by atoms with E-state index in [0.29, 0.717) is 17.2 Å². The van der Waals surface area contributed by atoms with Crippen LogP contribution in [0.3, 0.4) is 0 Å². The van der Waals surface area contributed by atoms with Crippen molar-refractivity contribution in [3.8, 4) is 11.5 Å². The highest BCUT2D eigenvalue weighted by Crippen LogP contribution is 2.21. The number of rotatable bonds is 6. The highest BCUT2D eigenvalue weighted by atomic mass is 16.7. The molecule has 31 heavy (non-hydrogen) atoms. The van der Waals surface area contributed by atoms with Gasteiger partial charge in [-0.25, -0.2) is 9.59 Å². The van der Waals surface area contributed by atoms with Gasteiger partial charge in [0, 0.05) is 12.5 Å². The lowest BCUT2D eigenvalue weighted by Gasteiger charge is -2.27. The molecule has 0 atom stereocenters. The van der Waals surface area contributed by atoms with Crippen LogP contribution in [0.25, 0.3) is 0 Å². The summed E-state index contributed by atoms with van der Waals surface area (Å²) in [6.45, 7) is 12.1. The zero-order valence-electron chi connectivity index (χ0n) is 19.2. The number of hydrogen-bond donors (Lipinski definition) is 3. The van der Waals surface area contributed by atoms with Gasteiger partial charge in [-0.2, -0.15) is 0 Å². The predicted molar refractivity (Wildman–Crippen MR) is 114 cm³/mol. The van der Waals surface area contributed by atoms with Crippen molar-refractivity contribution in [2.75, 3.05) is 13.2 Å². The number of nitrogens with one attached hydrogen (secondary N) is 2. The second-order valence-electron chi connectivity index (χ2n) is 8.79. The summed E-state index contributed by atoms with van der Waals surface area (Å²) in [6.07, 6.45) is -1.51. The number of carbonyl (C=O) groups excluding carboxylic acids is 2. The van der Waals surface area contributed by atoms with Crippen LogP contribution in [0, 0.1) is 12.3 Å². The molecular formula is C21H33N3O7. The van der Waals surface area contributed by atoms with E-state index in [2.05, 4.69) is 5.32 Å². The lowest BCUT2D eigenvalue weighted by atomic mass is 10.2. The minimum absolute atomic E-state index is 0.00454. The van der Waals surface area contributed by atoms with Gasteiger partial charge in [0.05, 0.1) is 13.2 Å². The third-order valence-corrected chi connectivity index (χ3v) is 3.20. The summed E-state index contributed by atoms with van der Waals surface area (Å²) in [6, 6.07) is 4.87. The average Bonchev–Trinajstić information content (AvgIpc) is 2.53. The van der Waals surface area contributed by atoms with Crippen LogP contribution in [0.15, 0.2) is 18.2 Å². The summed E-state index contributed by atoms with van der Waals surface area (Å²) in [4.78, 5) is 29.7. The number of amides is 2. The molecule has 0 saturated carbocycles. The van der Waals surface area contributed by atoms with Crippen LogP contribution in [-0.4, -0.2) is 52.7 Å². The molecule has 0 fully saturated rings. The highest BCUT2D eigenvalue weighted by molar-refractivity contribution is 5.98. The second-order valence-corrected chi connectivity index (χ2v) is 8.79. The molecule has 0 aromatic heterocycles. The van der Waals surface area contributed by atoms with Crippen LogP contribution < -0.4 is 10.1 Å². The summed E-state index contributed by atoms with van der Waals surface area (Å²) in [5.74, 6) is -0.0436. The molecule has 0 aliphatic heterocycles. The number of nitrogens with zero attached hydrogens (tertiary/aromatic N) is 1. The summed E-state index contributed by atoms with van der Waals surface area (Å²) >= 11 is 0. The van der Waals surface area contributed by atoms with Crippen molar-refractivity contribution in [1.82, 2.24) is 10.4 Å². The highest BCUT2D eigenvalue weighted by Gasteiger charge is 2.28. The number of aromatic hydroxyl groups is 1. The molecular weight excluding hydrogens is 406 g/mol. The first-order valence-corrected chi connectivity index (χ1v) is 9.84. The Morgan fingerprint density at radius 2 is 1.65 bits per heavy atom. The molecule has 0 aliphatic rings. The minimum Gasteiger partial charge on any atom is -0.508 e. The van der Waals surface area contributed by atoms with Gasteiger partial charge in [0.2, 0.25) is 5.96 Å². The van der Waals surface area contributed by atoms with E-state index in [1.54, 1.807) is 53.7 Å². The Kier molecular flexibility index (Phi) is 9.11. The lowest BCUT2D eigenvalue weighted by molar-refractivity contribution is -0.104. The van der Waals surface area contributed by atoms with Crippen LogP contribution in [0.4, 0.5) is 9.59 Å². The molecule has 10 nitrogen and oxygen atoms in total. The Labute approximate surface area is 182 Å². The quantitative estimate of drug-likeness (QED) is 0.263. The molecule has 0 saturated heterocycles. The van der Waals surface area contributed by atoms with Crippen molar-refractivity contribution in [3.63, 3.8) is 0 Å². The average molecular weight is 440 g/mol. The van der Waals surface area contributed by atoms with Crippen LogP contribution in [0.5, 0.6) is 11.5 Å². The number of hydrogen-bond acceptors (Lipinski definition) is 8. The van der Waals surface area contributed by atoms with Crippen molar-refractivity contribution < 1.29 is 33.7 Å². The molecule has 0 bridgehead atoms. The summed E-state index contributed by atoms with van der Waals surface area (Å²) in [5, 5.41) is 20.3.